The fourth-order valence-electron chi connectivity index (χ4n) is 8.75. The van der Waals surface area contributed by atoms with Crippen molar-refractivity contribution in [3.05, 3.63) is 204 Å². The first-order valence-electron chi connectivity index (χ1n) is 28.1. The van der Waals surface area contributed by atoms with E-state index < -0.39 is 51.0 Å². The van der Waals surface area contributed by atoms with E-state index in [0.29, 0.717) is 32.2 Å². The molecule has 9 aromatic rings. The molecule has 0 saturated carbocycles. The number of anilines is 3. The summed E-state index contributed by atoms with van der Waals surface area (Å²) in [5, 5.41) is 19.1. The van der Waals surface area contributed by atoms with Crippen LogP contribution in [0.15, 0.2) is 115 Å². The Morgan fingerprint density at radius 1 is 0.505 bits per heavy atom. The summed E-state index contributed by atoms with van der Waals surface area (Å²) in [5.74, 6) is -2.60. The number of benzene rings is 3. The minimum atomic E-state index is -1.13. The van der Waals surface area contributed by atoms with E-state index in [-0.39, 0.29) is 133 Å². The van der Waals surface area contributed by atoms with Crippen molar-refractivity contribution in [2.75, 3.05) is 16.4 Å². The standard InChI is InChI=1S/C21H17Cl4N5O3.C21H15Cl4N5O2.C12H14Cl2N2O2.C9H4Cl3N3O/c1-21(2,20(26)33)9-15(31)11-6-10(22)7-13(24)17(11)28-19(32)14-8-16(25)29-30(14)18-12(23)4-3-5-27-18;1-21(2)16(31)8-14(28-21)11-6-10(22)7-13(24)18(11)27-20(32)15-9-17(25)29-30(15)19-12(23)4-3-5-26-19;1-12(2,11(16)18)5-9(17)7-3-6(13)4-8(14)10(7)15;10-5-2-1-3-13-9(5)15-6(8(12)16)4-7(11)14-15/h3-8H,9H2,1-2H3,(H2,26,33)(H,28,32);3-7,9H,8H2,1-2H3,(H,27,32);3-4H,5,15H2,1-2H3,(H2,16,18);1-4H. The number of nitrogens with zero attached hydrogens (tertiary/aromatic N) is 10. The number of halogens is 13. The van der Waals surface area contributed by atoms with E-state index >= 15 is 0 Å². The summed E-state index contributed by atoms with van der Waals surface area (Å²) in [6.45, 7) is 9.71. The van der Waals surface area contributed by atoms with Gasteiger partial charge in [0.15, 0.2) is 50.3 Å². The molecule has 99 heavy (non-hydrogen) atoms. The molecular formula is C63H50Cl13N15O8. The number of nitrogens with two attached hydrogens (primary N) is 3. The highest BCUT2D eigenvalue weighted by molar-refractivity contribution is 6.67. The lowest BCUT2D eigenvalue weighted by molar-refractivity contribution is -0.126. The van der Waals surface area contributed by atoms with E-state index in [1.165, 1.54) is 95.0 Å². The van der Waals surface area contributed by atoms with Crippen molar-refractivity contribution >= 4 is 220 Å². The Balaban J connectivity index is 0.000000194. The molecule has 7 heterocycles. The molecule has 23 nitrogen and oxygen atoms in total. The fourth-order valence-corrected chi connectivity index (χ4v) is 11.6. The molecule has 0 unspecified atom stereocenters. The van der Waals surface area contributed by atoms with Crippen molar-refractivity contribution in [1.82, 2.24) is 44.3 Å². The van der Waals surface area contributed by atoms with Crippen LogP contribution in [-0.4, -0.2) is 102 Å². The number of nitrogens with one attached hydrogen (secondary N) is 2. The molecule has 0 aliphatic carbocycles. The maximum absolute atomic E-state index is 13.2. The van der Waals surface area contributed by atoms with Gasteiger partial charge in [-0.25, -0.2) is 29.0 Å². The number of primary amides is 2. The minimum absolute atomic E-state index is 0.00678. The Kier molecular flexibility index (Phi) is 26.2. The fraction of sp³-hybridized carbons (Fsp3) is 0.190. The van der Waals surface area contributed by atoms with Crippen molar-refractivity contribution < 1.29 is 38.4 Å². The monoisotopic (exact) mass is 1600 g/mol. The van der Waals surface area contributed by atoms with Crippen LogP contribution in [-0.2, 0) is 14.4 Å². The number of ketones is 3. The predicted octanol–water partition coefficient (Wildman–Crippen LogP) is 16.5. The molecule has 8 N–H and O–H groups in total. The van der Waals surface area contributed by atoms with E-state index in [1.807, 2.05) is 0 Å². The molecule has 6 aromatic heterocycles. The number of carbonyl (C=O) groups excluding carboxylic acids is 8. The maximum Gasteiger partial charge on any atom is 0.274 e. The molecule has 0 bridgehead atoms. The van der Waals surface area contributed by atoms with Gasteiger partial charge in [-0.1, -0.05) is 167 Å². The number of aromatic nitrogens is 9. The third kappa shape index (κ3) is 19.6. The first-order valence-corrected chi connectivity index (χ1v) is 33.1. The molecule has 4 amide bonds. The van der Waals surface area contributed by atoms with Crippen molar-refractivity contribution in [3.63, 3.8) is 0 Å². The normalized spacial score (nSPS) is 12.4. The molecule has 0 atom stereocenters. The highest BCUT2D eigenvalue weighted by Gasteiger charge is 2.37. The number of nitrogen functional groups attached to an aromatic ring is 1. The number of hydrogen-bond donors (Lipinski definition) is 5. The molecule has 36 heteroatoms. The first kappa shape index (κ1) is 78.9. The van der Waals surface area contributed by atoms with Gasteiger partial charge in [-0.05, 0) is 98.2 Å². The van der Waals surface area contributed by atoms with Crippen LogP contribution < -0.4 is 27.8 Å². The molecule has 0 spiro atoms. The number of Topliss-reactive ketones (excluding diaryl/α,β-unsaturated/α-hetero) is 3. The van der Waals surface area contributed by atoms with Gasteiger partial charge in [0, 0.05) is 81.4 Å². The second-order valence-electron chi connectivity index (χ2n) is 22.8. The molecule has 10 rings (SSSR count). The predicted molar refractivity (Wildman–Crippen MR) is 388 cm³/mol. The van der Waals surface area contributed by atoms with Gasteiger partial charge in [0.05, 0.1) is 70.2 Å². The second-order valence-corrected chi connectivity index (χ2v) is 28.0. The molecule has 516 valence electrons. The Bertz CT molecular complexity index is 4760. The van der Waals surface area contributed by atoms with E-state index in [2.05, 4.69) is 45.9 Å². The Labute approximate surface area is 628 Å². The van der Waals surface area contributed by atoms with Crippen LogP contribution in [0.1, 0.15) is 119 Å². The van der Waals surface area contributed by atoms with E-state index in [1.54, 1.807) is 70.2 Å². The summed E-state index contributed by atoms with van der Waals surface area (Å²) in [4.78, 5) is 115. The second kappa shape index (κ2) is 32.9. The summed E-state index contributed by atoms with van der Waals surface area (Å²) in [7, 11) is 0. The van der Waals surface area contributed by atoms with E-state index in [9.17, 15) is 38.4 Å². The van der Waals surface area contributed by atoms with Crippen LogP contribution in [0.2, 0.25) is 60.7 Å². The smallest absolute Gasteiger partial charge is 0.274 e. The number of carbonyl (C=O) groups is 8. The average molecular weight is 1610 g/mol. The van der Waals surface area contributed by atoms with Crippen LogP contribution in [0.25, 0.3) is 17.5 Å². The summed E-state index contributed by atoms with van der Waals surface area (Å²) >= 11 is 78.2. The van der Waals surface area contributed by atoms with Crippen LogP contribution >= 0.6 is 151 Å². The quantitative estimate of drug-likeness (QED) is 0.0321. The minimum Gasteiger partial charge on any atom is -0.397 e. The van der Waals surface area contributed by atoms with Gasteiger partial charge in [0.25, 0.3) is 17.1 Å². The van der Waals surface area contributed by atoms with E-state index in [0.717, 1.165) is 0 Å². The Morgan fingerprint density at radius 2 is 0.869 bits per heavy atom. The molecular weight excluding hydrogens is 1560 g/mol. The van der Waals surface area contributed by atoms with Crippen LogP contribution in [0.4, 0.5) is 17.1 Å². The summed E-state index contributed by atoms with van der Waals surface area (Å²) in [6, 6.07) is 22.5. The van der Waals surface area contributed by atoms with Crippen molar-refractivity contribution in [3.8, 4) is 17.5 Å². The zero-order valence-electron chi connectivity index (χ0n) is 51.9. The third-order valence-corrected chi connectivity index (χ3v) is 17.3. The van der Waals surface area contributed by atoms with Crippen molar-refractivity contribution in [2.45, 2.75) is 66.3 Å². The molecule has 0 fully saturated rings. The zero-order valence-corrected chi connectivity index (χ0v) is 61.7. The van der Waals surface area contributed by atoms with Crippen LogP contribution in [0, 0.1) is 10.8 Å². The number of hydrogen-bond acceptors (Lipinski definition) is 16. The molecule has 0 radical (unpaired) electrons. The van der Waals surface area contributed by atoms with E-state index in [4.69, 9.17) is 168 Å². The lowest BCUT2D eigenvalue weighted by atomic mass is 9.84. The maximum atomic E-state index is 13.2. The lowest BCUT2D eigenvalue weighted by Gasteiger charge is -2.20. The Morgan fingerprint density at radius 3 is 1.26 bits per heavy atom. The molecule has 0 saturated heterocycles. The van der Waals surface area contributed by atoms with Crippen molar-refractivity contribution in [1.29, 1.82) is 0 Å². The van der Waals surface area contributed by atoms with Gasteiger partial charge in [-0.3, -0.25) is 43.3 Å². The summed E-state index contributed by atoms with van der Waals surface area (Å²) in [6.07, 6.45) is 4.34. The highest BCUT2D eigenvalue weighted by Crippen LogP contribution is 2.38. The van der Waals surface area contributed by atoms with Crippen LogP contribution in [0.5, 0.6) is 0 Å². The third-order valence-electron chi connectivity index (χ3n) is 14.1. The topological polar surface area (TPSA) is 343 Å². The molecule has 1 aliphatic rings. The van der Waals surface area contributed by atoms with Gasteiger partial charge < -0.3 is 27.8 Å². The van der Waals surface area contributed by atoms with Gasteiger partial charge in [0.2, 0.25) is 11.8 Å². The molecule has 1 aliphatic heterocycles. The number of amides is 4. The summed E-state index contributed by atoms with van der Waals surface area (Å²) in [5.41, 5.74) is 15.2. The summed E-state index contributed by atoms with van der Waals surface area (Å²) < 4.78 is 3.62. The average Bonchev–Trinajstić information content (AvgIpc) is 1.80. The van der Waals surface area contributed by atoms with Gasteiger partial charge in [0.1, 0.15) is 22.6 Å². The number of rotatable bonds is 17. The van der Waals surface area contributed by atoms with Gasteiger partial charge in [-0.15, -0.1) is 0 Å². The zero-order chi connectivity index (χ0) is 73.5. The number of aliphatic imine (C=N–C) groups is 1. The van der Waals surface area contributed by atoms with Gasteiger partial charge >= 0.3 is 0 Å². The highest BCUT2D eigenvalue weighted by atomic mass is 35.5. The van der Waals surface area contributed by atoms with Crippen LogP contribution in [0.3, 0.4) is 0 Å². The van der Waals surface area contributed by atoms with Gasteiger partial charge in [-0.2, -0.15) is 15.3 Å². The Hall–Kier alpha value is -7.46. The number of pyridine rings is 3. The largest absolute Gasteiger partial charge is 0.397 e. The SMILES string of the molecule is CC(C)(CC(=O)c1cc(Cl)cc(Cl)c1N)C(N)=O.CC(C)(CC(=O)c1cc(Cl)cc(Cl)c1NC(=O)c1cc(Cl)nn1-c1ncccc1Cl)C(N)=O.CC1(C)N=C(c2cc(Cl)cc(Cl)c2NC(=O)c2cc(Cl)nn2-c2ncccc2Cl)CC1=O.O=C(Cl)c1cc(Cl)nn1-c1ncccc1Cl. The lowest BCUT2D eigenvalue weighted by Crippen LogP contribution is -2.33. The first-order chi connectivity index (χ1) is 46.2. The molecule has 3 aromatic carbocycles. The van der Waals surface area contributed by atoms with Crippen molar-refractivity contribution in [2.24, 2.45) is 27.3 Å².